The highest BCUT2D eigenvalue weighted by atomic mass is 32.1. The molecule has 0 radical (unpaired) electrons. The van der Waals surface area contributed by atoms with Crippen LogP contribution in [-0.4, -0.2) is 29.5 Å². The lowest BCUT2D eigenvalue weighted by Gasteiger charge is -2.07. The topological polar surface area (TPSA) is 97.4 Å². The Morgan fingerprint density at radius 2 is 2.00 bits per heavy atom. The zero-order valence-electron chi connectivity index (χ0n) is 14.0. The van der Waals surface area contributed by atoms with Crippen molar-refractivity contribution in [3.8, 4) is 0 Å². The molecule has 26 heavy (non-hydrogen) atoms. The van der Waals surface area contributed by atoms with Crippen LogP contribution in [0.15, 0.2) is 29.6 Å². The van der Waals surface area contributed by atoms with Crippen LogP contribution in [0, 0.1) is 6.92 Å². The Kier molecular flexibility index (Phi) is 5.29. The van der Waals surface area contributed by atoms with Crippen molar-refractivity contribution in [3.05, 3.63) is 45.8 Å². The molecule has 0 atom stereocenters. The monoisotopic (exact) mass is 389 g/mol. The molecule has 9 heteroatoms. The Morgan fingerprint density at radius 3 is 2.77 bits per heavy atom. The molecular weight excluding hydrogens is 374 g/mol. The number of carbonyl (C=O) groups excluding carboxylic acids is 3. The Hall–Kier alpha value is -2.78. The molecule has 0 unspecified atom stereocenters. The highest BCUT2D eigenvalue weighted by molar-refractivity contribution is 7.18. The number of hydrogen-bond acceptors (Lipinski definition) is 7. The van der Waals surface area contributed by atoms with Crippen LogP contribution in [-0.2, 0) is 4.74 Å². The summed E-state index contributed by atoms with van der Waals surface area (Å²) in [5, 5.41) is 7.75. The SMILES string of the molecule is CCOC(=O)NC(=O)c1ccsc1NC(=O)c1ccc2sc(C)nc2c1. The van der Waals surface area contributed by atoms with Gasteiger partial charge >= 0.3 is 6.09 Å². The number of thiophene rings is 1. The molecule has 2 aromatic heterocycles. The Balaban J connectivity index is 1.76. The molecule has 0 bridgehead atoms. The van der Waals surface area contributed by atoms with Crippen LogP contribution in [0.2, 0.25) is 0 Å². The maximum Gasteiger partial charge on any atom is 0.414 e. The molecule has 7 nitrogen and oxygen atoms in total. The number of aromatic nitrogens is 1. The number of carbonyl (C=O) groups is 3. The van der Waals surface area contributed by atoms with Crippen molar-refractivity contribution < 1.29 is 19.1 Å². The van der Waals surface area contributed by atoms with Gasteiger partial charge in [-0.25, -0.2) is 9.78 Å². The second-order valence-corrected chi connectivity index (χ2v) is 7.36. The Bertz CT molecular complexity index is 993. The molecule has 0 saturated heterocycles. The number of imide groups is 1. The molecule has 3 amide bonds. The van der Waals surface area contributed by atoms with E-state index in [4.69, 9.17) is 0 Å². The fourth-order valence-electron chi connectivity index (χ4n) is 2.27. The van der Waals surface area contributed by atoms with Crippen LogP contribution in [0.3, 0.4) is 0 Å². The second-order valence-electron chi connectivity index (χ2n) is 5.21. The van der Waals surface area contributed by atoms with Crippen LogP contribution in [0.4, 0.5) is 9.80 Å². The molecule has 0 saturated carbocycles. The molecule has 3 rings (SSSR count). The summed E-state index contributed by atoms with van der Waals surface area (Å²) in [5.74, 6) is -0.990. The highest BCUT2D eigenvalue weighted by Crippen LogP contribution is 2.26. The van der Waals surface area contributed by atoms with Gasteiger partial charge in [-0.15, -0.1) is 22.7 Å². The molecule has 0 fully saturated rings. The summed E-state index contributed by atoms with van der Waals surface area (Å²) in [6.45, 7) is 3.70. The van der Waals surface area contributed by atoms with Gasteiger partial charge in [-0.1, -0.05) is 0 Å². The van der Waals surface area contributed by atoms with Gasteiger partial charge in [0.25, 0.3) is 11.8 Å². The quantitative estimate of drug-likeness (QED) is 0.707. The van der Waals surface area contributed by atoms with Gasteiger partial charge in [0.1, 0.15) is 5.00 Å². The summed E-state index contributed by atoms with van der Waals surface area (Å²) >= 11 is 2.75. The fraction of sp³-hybridized carbons (Fsp3) is 0.176. The number of thiazole rings is 1. The third-order valence-corrected chi connectivity index (χ3v) is 5.17. The Labute approximate surface area is 157 Å². The van der Waals surface area contributed by atoms with E-state index in [1.54, 1.807) is 35.8 Å². The molecule has 134 valence electrons. The summed E-state index contributed by atoms with van der Waals surface area (Å²) < 4.78 is 5.69. The number of benzene rings is 1. The fourth-order valence-corrected chi connectivity index (χ4v) is 3.86. The predicted octanol–water partition coefficient (Wildman–Crippen LogP) is 3.80. The first kappa shape index (κ1) is 18.0. The minimum absolute atomic E-state index is 0.158. The number of fused-ring (bicyclic) bond motifs is 1. The lowest BCUT2D eigenvalue weighted by Crippen LogP contribution is -2.31. The number of nitrogens with zero attached hydrogens (tertiary/aromatic N) is 1. The molecule has 0 aliphatic heterocycles. The van der Waals surface area contributed by atoms with E-state index in [9.17, 15) is 14.4 Å². The second kappa shape index (κ2) is 7.63. The van der Waals surface area contributed by atoms with Gasteiger partial charge in [-0.2, -0.15) is 0 Å². The molecule has 0 spiro atoms. The predicted molar refractivity (Wildman–Crippen MR) is 101 cm³/mol. The molecule has 2 heterocycles. The molecule has 1 aromatic carbocycles. The van der Waals surface area contributed by atoms with Gasteiger partial charge in [0.2, 0.25) is 0 Å². The van der Waals surface area contributed by atoms with E-state index in [2.05, 4.69) is 20.4 Å². The zero-order valence-corrected chi connectivity index (χ0v) is 15.6. The van der Waals surface area contributed by atoms with E-state index in [0.29, 0.717) is 10.6 Å². The summed E-state index contributed by atoms with van der Waals surface area (Å²) in [5.41, 5.74) is 1.39. The zero-order chi connectivity index (χ0) is 18.7. The normalized spacial score (nSPS) is 10.5. The number of ether oxygens (including phenoxy) is 1. The van der Waals surface area contributed by atoms with Crippen LogP contribution >= 0.6 is 22.7 Å². The van der Waals surface area contributed by atoms with E-state index in [1.807, 2.05) is 13.0 Å². The summed E-state index contributed by atoms with van der Waals surface area (Å²) in [6, 6.07) is 6.79. The van der Waals surface area contributed by atoms with Crippen LogP contribution in [0.25, 0.3) is 10.2 Å². The third-order valence-electron chi connectivity index (χ3n) is 3.38. The number of nitrogens with one attached hydrogen (secondary N) is 2. The van der Waals surface area contributed by atoms with Crippen LogP contribution < -0.4 is 10.6 Å². The van der Waals surface area contributed by atoms with Gasteiger partial charge in [0, 0.05) is 5.56 Å². The van der Waals surface area contributed by atoms with Crippen molar-refractivity contribution >= 4 is 55.8 Å². The van der Waals surface area contributed by atoms with Crippen molar-refractivity contribution in [3.63, 3.8) is 0 Å². The Morgan fingerprint density at radius 1 is 1.19 bits per heavy atom. The standard InChI is InChI=1S/C17H15N3O4S2/c1-3-24-17(23)20-15(22)11-6-7-25-16(11)19-14(21)10-4-5-13-12(8-10)18-9(2)26-13/h4-8H,3H2,1-2H3,(H,19,21)(H,20,22,23). The largest absolute Gasteiger partial charge is 0.450 e. The van der Waals surface area contributed by atoms with E-state index in [0.717, 1.165) is 15.2 Å². The first-order chi connectivity index (χ1) is 12.5. The summed E-state index contributed by atoms with van der Waals surface area (Å²) in [6.07, 6.45) is -0.828. The number of rotatable bonds is 4. The first-order valence-electron chi connectivity index (χ1n) is 7.72. The van der Waals surface area contributed by atoms with Gasteiger partial charge in [0.05, 0.1) is 27.4 Å². The average molecular weight is 389 g/mol. The van der Waals surface area contributed by atoms with Crippen molar-refractivity contribution in [2.75, 3.05) is 11.9 Å². The van der Waals surface area contributed by atoms with Crippen LogP contribution in [0.5, 0.6) is 0 Å². The van der Waals surface area contributed by atoms with Crippen molar-refractivity contribution in [2.45, 2.75) is 13.8 Å². The third kappa shape index (κ3) is 3.89. The number of anilines is 1. The lowest BCUT2D eigenvalue weighted by molar-refractivity contribution is 0.0926. The number of amides is 3. The molecule has 0 aliphatic carbocycles. The van der Waals surface area contributed by atoms with Gasteiger partial charge in [-0.05, 0) is 43.5 Å². The maximum absolute atomic E-state index is 12.5. The molecule has 2 N–H and O–H groups in total. The van der Waals surface area contributed by atoms with E-state index in [-0.39, 0.29) is 18.1 Å². The van der Waals surface area contributed by atoms with Crippen molar-refractivity contribution in [1.82, 2.24) is 10.3 Å². The maximum atomic E-state index is 12.5. The smallest absolute Gasteiger partial charge is 0.414 e. The van der Waals surface area contributed by atoms with Crippen molar-refractivity contribution in [2.24, 2.45) is 0 Å². The van der Waals surface area contributed by atoms with Crippen molar-refractivity contribution in [1.29, 1.82) is 0 Å². The summed E-state index contributed by atoms with van der Waals surface area (Å²) in [4.78, 5) is 40.4. The molecule has 3 aromatic rings. The van der Waals surface area contributed by atoms with E-state index >= 15 is 0 Å². The van der Waals surface area contributed by atoms with E-state index < -0.39 is 12.0 Å². The highest BCUT2D eigenvalue weighted by Gasteiger charge is 2.18. The first-order valence-corrected chi connectivity index (χ1v) is 9.41. The number of alkyl carbamates (subject to hydrolysis) is 1. The minimum Gasteiger partial charge on any atom is -0.450 e. The molecular formula is C17H15N3O4S2. The average Bonchev–Trinajstić information content (AvgIpc) is 3.19. The summed E-state index contributed by atoms with van der Waals surface area (Å²) in [7, 11) is 0. The van der Waals surface area contributed by atoms with E-state index in [1.165, 1.54) is 17.4 Å². The lowest BCUT2D eigenvalue weighted by atomic mass is 10.2. The van der Waals surface area contributed by atoms with Gasteiger partial charge < -0.3 is 10.1 Å². The van der Waals surface area contributed by atoms with Crippen LogP contribution in [0.1, 0.15) is 32.6 Å². The van der Waals surface area contributed by atoms with Gasteiger partial charge in [0.15, 0.2) is 0 Å². The number of aryl methyl sites for hydroxylation is 1. The van der Waals surface area contributed by atoms with Gasteiger partial charge in [-0.3, -0.25) is 14.9 Å². The molecule has 0 aliphatic rings. The number of hydrogen-bond donors (Lipinski definition) is 2. The minimum atomic E-state index is -0.828.